The van der Waals surface area contributed by atoms with Crippen molar-refractivity contribution in [3.63, 3.8) is 0 Å². The predicted molar refractivity (Wildman–Crippen MR) is 73.6 cm³/mol. The van der Waals surface area contributed by atoms with Gasteiger partial charge in [0.05, 0.1) is 11.8 Å². The molecule has 0 unspecified atom stereocenters. The minimum Gasteiger partial charge on any atom is -0.369 e. The van der Waals surface area contributed by atoms with Crippen LogP contribution in [0, 0.1) is 6.92 Å². The number of amides is 1. The fourth-order valence-electron chi connectivity index (χ4n) is 1.70. The second kappa shape index (κ2) is 6.25. The van der Waals surface area contributed by atoms with Crippen molar-refractivity contribution in [2.75, 3.05) is 11.9 Å². The van der Waals surface area contributed by atoms with Crippen LogP contribution in [-0.2, 0) is 9.53 Å². The lowest BCUT2D eigenvalue weighted by Crippen LogP contribution is -2.20. The quantitative estimate of drug-likeness (QED) is 0.890. The Hall–Kier alpha value is -2.28. The van der Waals surface area contributed by atoms with Gasteiger partial charge in [-0.3, -0.25) is 4.79 Å². The largest absolute Gasteiger partial charge is 0.369 e. The number of rotatable bonds is 5. The first kappa shape index (κ1) is 14.1. The molecule has 0 aliphatic heterocycles. The third kappa shape index (κ3) is 3.61. The Morgan fingerprint density at radius 2 is 2.25 bits per heavy atom. The second-order valence-corrected chi connectivity index (χ2v) is 4.66. The van der Waals surface area contributed by atoms with Crippen LogP contribution in [0.15, 0.2) is 24.5 Å². The normalized spacial score (nSPS) is 10.8. The molecule has 0 atom stereocenters. The number of benzene rings is 1. The van der Waals surface area contributed by atoms with Gasteiger partial charge in [-0.05, 0) is 55.0 Å². The van der Waals surface area contributed by atoms with Crippen LogP contribution in [0.4, 0.5) is 5.69 Å². The summed E-state index contributed by atoms with van der Waals surface area (Å²) in [5.41, 5.74) is 2.54. The maximum Gasteiger partial charge on any atom is 0.250 e. The summed E-state index contributed by atoms with van der Waals surface area (Å²) in [5, 5.41) is 13.8. The maximum absolute atomic E-state index is 11.7. The van der Waals surface area contributed by atoms with Crippen molar-refractivity contribution in [3.05, 3.63) is 30.1 Å². The Balaban J connectivity index is 2.04. The molecule has 1 heterocycles. The van der Waals surface area contributed by atoms with E-state index in [9.17, 15) is 4.79 Å². The van der Waals surface area contributed by atoms with Crippen LogP contribution >= 0.6 is 0 Å². The number of hydrogen-bond acceptors (Lipinski definition) is 5. The Bertz CT molecular complexity index is 580. The molecule has 0 radical (unpaired) electrons. The summed E-state index contributed by atoms with van der Waals surface area (Å²) in [4.78, 5) is 11.7. The molecular formula is C13H17N5O2. The first-order valence-electron chi connectivity index (χ1n) is 6.31. The lowest BCUT2D eigenvalue weighted by atomic mass is 10.2. The highest BCUT2D eigenvalue weighted by atomic mass is 16.5. The maximum atomic E-state index is 11.7. The molecule has 0 bridgehead atoms. The van der Waals surface area contributed by atoms with Gasteiger partial charge < -0.3 is 10.1 Å². The van der Waals surface area contributed by atoms with Gasteiger partial charge in [0.1, 0.15) is 12.9 Å². The molecule has 0 saturated carbocycles. The van der Waals surface area contributed by atoms with Crippen LogP contribution in [0.5, 0.6) is 0 Å². The van der Waals surface area contributed by atoms with Crippen LogP contribution < -0.4 is 5.32 Å². The van der Waals surface area contributed by atoms with Crippen molar-refractivity contribution >= 4 is 11.6 Å². The summed E-state index contributed by atoms with van der Waals surface area (Å²) in [6.07, 6.45) is 1.56. The highest BCUT2D eigenvalue weighted by molar-refractivity contribution is 5.91. The van der Waals surface area contributed by atoms with Gasteiger partial charge in [-0.2, -0.15) is 0 Å². The summed E-state index contributed by atoms with van der Waals surface area (Å²) in [7, 11) is 0. The standard InChI is InChI=1S/C13H17N5O2/c1-9(2)20-7-13(19)15-11-4-5-12(10(3)6-11)18-8-14-16-17-18/h4-6,8-9H,7H2,1-3H3,(H,15,19). The van der Waals surface area contributed by atoms with Crippen LogP contribution in [-0.4, -0.2) is 38.8 Å². The highest BCUT2D eigenvalue weighted by Gasteiger charge is 2.07. The minimum absolute atomic E-state index is 0.0321. The number of carbonyl (C=O) groups is 1. The molecule has 1 amide bonds. The van der Waals surface area contributed by atoms with Crippen LogP contribution in [0.1, 0.15) is 19.4 Å². The number of ether oxygens (including phenoxy) is 1. The van der Waals surface area contributed by atoms with E-state index in [2.05, 4.69) is 20.8 Å². The lowest BCUT2D eigenvalue weighted by molar-refractivity contribution is -0.121. The first-order valence-corrected chi connectivity index (χ1v) is 6.31. The molecule has 20 heavy (non-hydrogen) atoms. The molecule has 1 aromatic carbocycles. The topological polar surface area (TPSA) is 81.9 Å². The fourth-order valence-corrected chi connectivity index (χ4v) is 1.70. The third-order valence-corrected chi connectivity index (χ3v) is 2.62. The van der Waals surface area contributed by atoms with Crippen molar-refractivity contribution in [1.29, 1.82) is 0 Å². The Morgan fingerprint density at radius 1 is 1.45 bits per heavy atom. The summed E-state index contributed by atoms with van der Waals surface area (Å²) in [6, 6.07) is 5.52. The molecule has 7 heteroatoms. The van der Waals surface area contributed by atoms with E-state index in [-0.39, 0.29) is 18.6 Å². The van der Waals surface area contributed by atoms with Gasteiger partial charge in [0.2, 0.25) is 5.91 Å². The van der Waals surface area contributed by atoms with Gasteiger partial charge in [-0.15, -0.1) is 5.10 Å². The van der Waals surface area contributed by atoms with Crippen molar-refractivity contribution < 1.29 is 9.53 Å². The Labute approximate surface area is 116 Å². The number of carbonyl (C=O) groups excluding carboxylic acids is 1. The van der Waals surface area contributed by atoms with Gasteiger partial charge in [0.25, 0.3) is 0 Å². The van der Waals surface area contributed by atoms with Crippen LogP contribution in [0.3, 0.4) is 0 Å². The molecule has 7 nitrogen and oxygen atoms in total. The van der Waals surface area contributed by atoms with Crippen LogP contribution in [0.2, 0.25) is 0 Å². The fraction of sp³-hybridized carbons (Fsp3) is 0.385. The molecule has 0 aliphatic carbocycles. The molecule has 106 valence electrons. The van der Waals surface area contributed by atoms with Gasteiger partial charge in [-0.1, -0.05) is 0 Å². The van der Waals surface area contributed by atoms with Gasteiger partial charge in [-0.25, -0.2) is 4.68 Å². The molecule has 1 N–H and O–H groups in total. The third-order valence-electron chi connectivity index (χ3n) is 2.62. The Morgan fingerprint density at radius 3 is 2.85 bits per heavy atom. The number of tetrazole rings is 1. The predicted octanol–water partition coefficient (Wildman–Crippen LogP) is 1.33. The van der Waals surface area contributed by atoms with E-state index in [0.29, 0.717) is 0 Å². The van der Waals surface area contributed by atoms with Crippen molar-refractivity contribution in [1.82, 2.24) is 20.2 Å². The van der Waals surface area contributed by atoms with Crippen LogP contribution in [0.25, 0.3) is 5.69 Å². The molecule has 0 fully saturated rings. The molecule has 0 spiro atoms. The van der Waals surface area contributed by atoms with Gasteiger partial charge >= 0.3 is 0 Å². The molecule has 0 saturated heterocycles. The zero-order chi connectivity index (χ0) is 14.5. The monoisotopic (exact) mass is 275 g/mol. The summed E-state index contributed by atoms with van der Waals surface area (Å²) < 4.78 is 6.82. The molecular weight excluding hydrogens is 258 g/mol. The second-order valence-electron chi connectivity index (χ2n) is 4.66. The Kier molecular flexibility index (Phi) is 4.41. The van der Waals surface area contributed by atoms with Crippen molar-refractivity contribution in [3.8, 4) is 5.69 Å². The van der Waals surface area contributed by atoms with Gasteiger partial charge in [0, 0.05) is 5.69 Å². The first-order chi connectivity index (χ1) is 9.56. The number of hydrogen-bond donors (Lipinski definition) is 1. The summed E-state index contributed by atoms with van der Waals surface area (Å²) in [5.74, 6) is -0.173. The smallest absolute Gasteiger partial charge is 0.250 e. The number of nitrogens with zero attached hydrogens (tertiary/aromatic N) is 4. The van der Waals surface area contributed by atoms with E-state index in [1.165, 1.54) is 6.33 Å². The summed E-state index contributed by atoms with van der Waals surface area (Å²) >= 11 is 0. The zero-order valence-electron chi connectivity index (χ0n) is 11.7. The average Bonchev–Trinajstić information content (AvgIpc) is 2.90. The van der Waals surface area contributed by atoms with E-state index in [4.69, 9.17) is 4.74 Å². The summed E-state index contributed by atoms with van der Waals surface area (Å²) in [6.45, 7) is 5.75. The zero-order valence-corrected chi connectivity index (χ0v) is 11.7. The number of anilines is 1. The van der Waals surface area contributed by atoms with E-state index in [1.807, 2.05) is 32.9 Å². The minimum atomic E-state index is -0.173. The molecule has 2 rings (SSSR count). The molecule has 2 aromatic rings. The van der Waals surface area contributed by atoms with Gasteiger partial charge in [0.15, 0.2) is 0 Å². The number of aryl methyl sites for hydroxylation is 1. The van der Waals surface area contributed by atoms with Crippen molar-refractivity contribution in [2.24, 2.45) is 0 Å². The van der Waals surface area contributed by atoms with Crippen molar-refractivity contribution in [2.45, 2.75) is 26.9 Å². The van der Waals surface area contributed by atoms with E-state index >= 15 is 0 Å². The van der Waals surface area contributed by atoms with E-state index in [1.54, 1.807) is 10.7 Å². The lowest BCUT2D eigenvalue weighted by Gasteiger charge is -2.10. The van der Waals surface area contributed by atoms with E-state index < -0.39 is 0 Å². The number of nitrogens with one attached hydrogen (secondary N) is 1. The number of aromatic nitrogens is 4. The van der Waals surface area contributed by atoms with E-state index in [0.717, 1.165) is 16.9 Å². The molecule has 0 aliphatic rings. The average molecular weight is 275 g/mol. The highest BCUT2D eigenvalue weighted by Crippen LogP contribution is 2.17. The molecule has 1 aromatic heterocycles. The SMILES string of the molecule is Cc1cc(NC(=O)COC(C)C)ccc1-n1cnnn1.